The summed E-state index contributed by atoms with van der Waals surface area (Å²) >= 11 is 0. The Morgan fingerprint density at radius 1 is 0.189 bits per heavy atom. The summed E-state index contributed by atoms with van der Waals surface area (Å²) in [4.78, 5) is 2.43. The molecule has 12 aromatic carbocycles. The number of nitrogens with zero attached hydrogens (tertiary/aromatic N) is 1. The van der Waals surface area contributed by atoms with E-state index < -0.39 is 5.41 Å². The molecule has 74 heavy (non-hydrogen) atoms. The quantitative estimate of drug-likeness (QED) is 0.125. The molecule has 348 valence electrons. The third kappa shape index (κ3) is 8.02. The van der Waals surface area contributed by atoms with Crippen molar-refractivity contribution in [2.24, 2.45) is 0 Å². The van der Waals surface area contributed by atoms with Crippen molar-refractivity contribution in [1.82, 2.24) is 0 Å². The normalized spacial score (nSPS) is 12.2. The smallest absolute Gasteiger partial charge is 0.0714 e. The fourth-order valence-corrected chi connectivity index (χ4v) is 11.4. The first-order valence-electron chi connectivity index (χ1n) is 25.6. The number of hydrogen-bond donors (Lipinski definition) is 0. The van der Waals surface area contributed by atoms with Gasteiger partial charge in [0.05, 0.1) is 5.41 Å². The summed E-state index contributed by atoms with van der Waals surface area (Å²) in [5.41, 5.74) is 24.3. The van der Waals surface area contributed by atoms with Crippen LogP contribution in [0.2, 0.25) is 0 Å². The topological polar surface area (TPSA) is 3.24 Å². The van der Waals surface area contributed by atoms with E-state index in [1.54, 1.807) is 0 Å². The Balaban J connectivity index is 1.03. The van der Waals surface area contributed by atoms with Gasteiger partial charge in [0.2, 0.25) is 0 Å². The maximum atomic E-state index is 2.48. The van der Waals surface area contributed by atoms with Crippen molar-refractivity contribution < 1.29 is 0 Å². The summed E-state index contributed by atoms with van der Waals surface area (Å²) in [6.45, 7) is 0. The Morgan fingerprint density at radius 3 is 0.905 bits per heavy atom. The van der Waals surface area contributed by atoms with Crippen LogP contribution in [0.5, 0.6) is 0 Å². The number of anilines is 3. The van der Waals surface area contributed by atoms with Gasteiger partial charge in [0, 0.05) is 17.1 Å². The zero-order valence-corrected chi connectivity index (χ0v) is 40.9. The van der Waals surface area contributed by atoms with E-state index in [1.165, 1.54) is 100 Å². The Kier molecular flexibility index (Phi) is 11.5. The fraction of sp³-hybridized carbons (Fsp3) is 0.0137. The molecule has 0 N–H and O–H groups in total. The highest BCUT2D eigenvalue weighted by atomic mass is 15.1. The lowest BCUT2D eigenvalue weighted by molar-refractivity contribution is 0.769. The predicted octanol–water partition coefficient (Wildman–Crippen LogP) is 19.5. The Bertz CT molecular complexity index is 3780. The van der Waals surface area contributed by atoms with Crippen LogP contribution >= 0.6 is 0 Å². The molecular formula is C73H51N. The SMILES string of the molecule is c1ccc(-c2ccc(N(c3ccc(-c4ccccc4-c4ccccc4)cc3)c3ccc4c(c3)C(c3ccc(-c5ccccc5)cc3)(c3ccc(-c5ccccc5)cc3)c3cc(-c5ccccc5)ccc3-4)cc2)cc1. The van der Waals surface area contributed by atoms with Crippen molar-refractivity contribution >= 4 is 17.1 Å². The molecule has 13 rings (SSSR count). The van der Waals surface area contributed by atoms with Gasteiger partial charge in [-0.25, -0.2) is 0 Å². The third-order valence-electron chi connectivity index (χ3n) is 15.0. The molecular weight excluding hydrogens is 891 g/mol. The molecule has 0 radical (unpaired) electrons. The van der Waals surface area contributed by atoms with Crippen LogP contribution in [-0.4, -0.2) is 0 Å². The highest BCUT2D eigenvalue weighted by Crippen LogP contribution is 2.58. The lowest BCUT2D eigenvalue weighted by atomic mass is 9.67. The van der Waals surface area contributed by atoms with Crippen LogP contribution in [0, 0.1) is 0 Å². The number of benzene rings is 12. The molecule has 1 aliphatic rings. The van der Waals surface area contributed by atoms with Gasteiger partial charge in [-0.3, -0.25) is 0 Å². The fourth-order valence-electron chi connectivity index (χ4n) is 11.4. The summed E-state index contributed by atoms with van der Waals surface area (Å²) in [5.74, 6) is 0. The van der Waals surface area contributed by atoms with Gasteiger partial charge in [0.25, 0.3) is 0 Å². The summed E-state index contributed by atoms with van der Waals surface area (Å²) in [6, 6.07) is 114. The van der Waals surface area contributed by atoms with E-state index in [0.717, 1.165) is 17.1 Å². The van der Waals surface area contributed by atoms with Gasteiger partial charge in [-0.2, -0.15) is 0 Å². The minimum Gasteiger partial charge on any atom is -0.310 e. The van der Waals surface area contributed by atoms with E-state index in [0.29, 0.717) is 0 Å². The lowest BCUT2D eigenvalue weighted by Gasteiger charge is -2.35. The van der Waals surface area contributed by atoms with Crippen LogP contribution in [-0.2, 0) is 5.41 Å². The van der Waals surface area contributed by atoms with E-state index in [-0.39, 0.29) is 0 Å². The van der Waals surface area contributed by atoms with Gasteiger partial charge in [-0.05, 0) is 143 Å². The van der Waals surface area contributed by atoms with Crippen molar-refractivity contribution in [2.45, 2.75) is 5.41 Å². The highest BCUT2D eigenvalue weighted by molar-refractivity contribution is 5.92. The molecule has 12 aromatic rings. The zero-order chi connectivity index (χ0) is 49.3. The first-order chi connectivity index (χ1) is 36.7. The second-order valence-corrected chi connectivity index (χ2v) is 19.2. The molecule has 1 aliphatic carbocycles. The molecule has 0 amide bonds. The molecule has 0 aromatic heterocycles. The van der Waals surface area contributed by atoms with Crippen LogP contribution < -0.4 is 4.90 Å². The molecule has 0 heterocycles. The van der Waals surface area contributed by atoms with Crippen molar-refractivity contribution in [3.63, 3.8) is 0 Å². The third-order valence-corrected chi connectivity index (χ3v) is 15.0. The molecule has 0 atom stereocenters. The van der Waals surface area contributed by atoms with E-state index in [9.17, 15) is 0 Å². The molecule has 0 fully saturated rings. The van der Waals surface area contributed by atoms with E-state index in [1.807, 2.05) is 0 Å². The molecule has 0 aliphatic heterocycles. The van der Waals surface area contributed by atoms with Crippen LogP contribution in [0.3, 0.4) is 0 Å². The van der Waals surface area contributed by atoms with Gasteiger partial charge in [-0.15, -0.1) is 0 Å². The standard InChI is InChI=1S/C73H51N/c1-6-18-52(19-7-1)56-30-39-62(40-31-56)73(63-41-32-57(33-42-63)53-20-8-2-9-21-53)71-50-61(55-24-12-4-13-25-55)38-48-69(71)70-49-47-66(51-72(70)73)74(64-43-34-58(35-44-64)54-22-10-3-11-23-54)65-45-36-60(37-46-65)68-29-17-16-28-67(68)59-26-14-5-15-27-59/h1-51H. The van der Waals surface area contributed by atoms with Gasteiger partial charge >= 0.3 is 0 Å². The van der Waals surface area contributed by atoms with Gasteiger partial charge in [0.1, 0.15) is 0 Å². The van der Waals surface area contributed by atoms with Crippen LogP contribution in [0.4, 0.5) is 17.1 Å². The van der Waals surface area contributed by atoms with Crippen molar-refractivity contribution in [3.05, 3.63) is 332 Å². The number of rotatable bonds is 11. The minimum absolute atomic E-state index is 0.691. The average Bonchev–Trinajstić information content (AvgIpc) is 3.79. The molecule has 1 heteroatoms. The van der Waals surface area contributed by atoms with E-state index in [2.05, 4.69) is 314 Å². The van der Waals surface area contributed by atoms with Crippen molar-refractivity contribution in [3.8, 4) is 77.9 Å². The summed E-state index contributed by atoms with van der Waals surface area (Å²) in [7, 11) is 0. The second kappa shape index (κ2) is 19.2. The van der Waals surface area contributed by atoms with Gasteiger partial charge < -0.3 is 4.90 Å². The summed E-state index contributed by atoms with van der Waals surface area (Å²) in [5, 5.41) is 0. The molecule has 0 spiro atoms. The zero-order valence-electron chi connectivity index (χ0n) is 40.9. The number of hydrogen-bond acceptors (Lipinski definition) is 1. The summed E-state index contributed by atoms with van der Waals surface area (Å²) in [6.07, 6.45) is 0. The van der Waals surface area contributed by atoms with Crippen LogP contribution in [0.25, 0.3) is 77.9 Å². The first kappa shape index (κ1) is 44.4. The van der Waals surface area contributed by atoms with Gasteiger partial charge in [-0.1, -0.05) is 267 Å². The predicted molar refractivity (Wildman–Crippen MR) is 311 cm³/mol. The maximum absolute atomic E-state index is 2.48. The lowest BCUT2D eigenvalue weighted by Crippen LogP contribution is -2.29. The molecule has 0 saturated heterocycles. The van der Waals surface area contributed by atoms with Crippen molar-refractivity contribution in [2.75, 3.05) is 4.90 Å². The monoisotopic (exact) mass is 941 g/mol. The van der Waals surface area contributed by atoms with E-state index in [4.69, 9.17) is 0 Å². The molecule has 1 nitrogen and oxygen atoms in total. The van der Waals surface area contributed by atoms with Gasteiger partial charge in [0.15, 0.2) is 0 Å². The average molecular weight is 942 g/mol. The molecule has 0 saturated carbocycles. The minimum atomic E-state index is -0.691. The second-order valence-electron chi connectivity index (χ2n) is 19.2. The maximum Gasteiger partial charge on any atom is 0.0714 e. The van der Waals surface area contributed by atoms with E-state index >= 15 is 0 Å². The molecule has 0 bridgehead atoms. The molecule has 0 unspecified atom stereocenters. The van der Waals surface area contributed by atoms with Crippen molar-refractivity contribution in [1.29, 1.82) is 0 Å². The Labute approximate surface area is 434 Å². The number of fused-ring (bicyclic) bond motifs is 3. The largest absolute Gasteiger partial charge is 0.310 e. The Morgan fingerprint density at radius 2 is 0.473 bits per heavy atom. The summed E-state index contributed by atoms with van der Waals surface area (Å²) < 4.78 is 0. The van der Waals surface area contributed by atoms with Crippen LogP contribution in [0.15, 0.2) is 309 Å². The van der Waals surface area contributed by atoms with Crippen LogP contribution in [0.1, 0.15) is 22.3 Å². The highest BCUT2D eigenvalue weighted by Gasteiger charge is 2.47. The first-order valence-corrected chi connectivity index (χ1v) is 25.6. The Hall–Kier alpha value is -9.56.